The molecule has 30 heavy (non-hydrogen) atoms. The summed E-state index contributed by atoms with van der Waals surface area (Å²) in [5, 5.41) is 4.19. The molecule has 0 unspecified atom stereocenters. The summed E-state index contributed by atoms with van der Waals surface area (Å²) in [4.78, 5) is 32.9. The van der Waals surface area contributed by atoms with Crippen molar-refractivity contribution in [3.63, 3.8) is 0 Å². The van der Waals surface area contributed by atoms with Gasteiger partial charge in [-0.05, 0) is 48.6 Å². The number of methoxy groups -OCH3 is 1. The maximum Gasteiger partial charge on any atom is 0.337 e. The zero-order chi connectivity index (χ0) is 21.1. The predicted octanol–water partition coefficient (Wildman–Crippen LogP) is 2.92. The SMILES string of the molecule is COC(=O)c1ccc(C(=O)NC(=S)N2CCN(c3nc4ccccc4s3)CC2)cc1. The van der Waals surface area contributed by atoms with Crippen LogP contribution in [-0.2, 0) is 4.74 Å². The number of esters is 1. The normalized spacial score (nSPS) is 13.9. The van der Waals surface area contributed by atoms with Crippen molar-refractivity contribution in [3.05, 3.63) is 59.7 Å². The number of anilines is 1. The van der Waals surface area contributed by atoms with E-state index in [1.54, 1.807) is 35.6 Å². The van der Waals surface area contributed by atoms with E-state index >= 15 is 0 Å². The summed E-state index contributed by atoms with van der Waals surface area (Å²) in [5.74, 6) is -0.742. The maximum atomic E-state index is 12.5. The van der Waals surface area contributed by atoms with Crippen LogP contribution in [0, 0.1) is 0 Å². The Morgan fingerprint density at radius 1 is 1.03 bits per heavy atom. The van der Waals surface area contributed by atoms with E-state index in [9.17, 15) is 9.59 Å². The van der Waals surface area contributed by atoms with Gasteiger partial charge in [0.25, 0.3) is 5.91 Å². The zero-order valence-electron chi connectivity index (χ0n) is 16.3. The first-order chi connectivity index (χ1) is 14.5. The molecular weight excluding hydrogens is 420 g/mol. The number of amides is 1. The van der Waals surface area contributed by atoms with Gasteiger partial charge in [0.15, 0.2) is 10.2 Å². The Kier molecular flexibility index (Phi) is 5.91. The van der Waals surface area contributed by atoms with Crippen LogP contribution >= 0.6 is 23.6 Å². The number of piperazine rings is 1. The van der Waals surface area contributed by atoms with Crippen molar-refractivity contribution in [2.45, 2.75) is 0 Å². The lowest BCUT2D eigenvalue weighted by Crippen LogP contribution is -2.52. The van der Waals surface area contributed by atoms with Gasteiger partial charge in [-0.1, -0.05) is 23.5 Å². The van der Waals surface area contributed by atoms with E-state index in [2.05, 4.69) is 21.0 Å². The Balaban J connectivity index is 1.32. The molecule has 1 saturated heterocycles. The number of hydrogen-bond donors (Lipinski definition) is 1. The quantitative estimate of drug-likeness (QED) is 0.496. The Morgan fingerprint density at radius 3 is 2.37 bits per heavy atom. The molecule has 3 aromatic rings. The van der Waals surface area contributed by atoms with E-state index in [1.807, 2.05) is 23.1 Å². The third-order valence-corrected chi connectivity index (χ3v) is 6.37. The van der Waals surface area contributed by atoms with Crippen LogP contribution in [0.2, 0.25) is 0 Å². The van der Waals surface area contributed by atoms with Gasteiger partial charge in [-0.15, -0.1) is 0 Å². The molecule has 0 saturated carbocycles. The van der Waals surface area contributed by atoms with Crippen molar-refractivity contribution >= 4 is 55.9 Å². The van der Waals surface area contributed by atoms with Crippen LogP contribution in [0.4, 0.5) is 5.13 Å². The van der Waals surface area contributed by atoms with E-state index in [1.165, 1.54) is 11.8 Å². The number of thiocarbonyl (C=S) groups is 1. The Labute approximate surface area is 183 Å². The van der Waals surface area contributed by atoms with Crippen molar-refractivity contribution in [2.24, 2.45) is 0 Å². The van der Waals surface area contributed by atoms with Gasteiger partial charge in [-0.2, -0.15) is 0 Å². The van der Waals surface area contributed by atoms with Crippen LogP contribution in [0.15, 0.2) is 48.5 Å². The summed E-state index contributed by atoms with van der Waals surface area (Å²) in [6.45, 7) is 2.97. The molecule has 7 nitrogen and oxygen atoms in total. The first-order valence-corrected chi connectivity index (χ1v) is 10.7. The van der Waals surface area contributed by atoms with E-state index < -0.39 is 5.97 Å². The average Bonchev–Trinajstić information content (AvgIpc) is 3.23. The van der Waals surface area contributed by atoms with Crippen LogP contribution in [-0.4, -0.2) is 60.2 Å². The fourth-order valence-corrected chi connectivity index (χ4v) is 4.51. The average molecular weight is 441 g/mol. The summed E-state index contributed by atoms with van der Waals surface area (Å²) in [5.41, 5.74) is 1.83. The Morgan fingerprint density at radius 2 is 1.70 bits per heavy atom. The molecule has 0 bridgehead atoms. The maximum absolute atomic E-state index is 12.5. The second kappa shape index (κ2) is 8.76. The molecule has 9 heteroatoms. The smallest absolute Gasteiger partial charge is 0.337 e. The van der Waals surface area contributed by atoms with Crippen LogP contribution in [0.1, 0.15) is 20.7 Å². The topological polar surface area (TPSA) is 74.8 Å². The molecule has 0 spiro atoms. The molecule has 0 radical (unpaired) electrons. The monoisotopic (exact) mass is 440 g/mol. The number of nitrogens with one attached hydrogen (secondary N) is 1. The lowest BCUT2D eigenvalue weighted by atomic mass is 10.1. The first-order valence-electron chi connectivity index (χ1n) is 9.44. The number of fused-ring (bicyclic) bond motifs is 1. The number of ether oxygens (including phenoxy) is 1. The number of benzene rings is 2. The van der Waals surface area contributed by atoms with Crippen molar-refractivity contribution in [1.82, 2.24) is 15.2 Å². The fraction of sp³-hybridized carbons (Fsp3) is 0.238. The van der Waals surface area contributed by atoms with E-state index in [4.69, 9.17) is 17.2 Å². The largest absolute Gasteiger partial charge is 0.465 e. The molecule has 1 aliphatic heterocycles. The second-order valence-electron chi connectivity index (χ2n) is 6.77. The van der Waals surface area contributed by atoms with Gasteiger partial charge in [-0.3, -0.25) is 10.1 Å². The predicted molar refractivity (Wildman–Crippen MR) is 121 cm³/mol. The number of thiazole rings is 1. The molecule has 1 fully saturated rings. The third-order valence-electron chi connectivity index (χ3n) is 4.91. The van der Waals surface area contributed by atoms with Crippen molar-refractivity contribution in [2.75, 3.05) is 38.2 Å². The molecule has 154 valence electrons. The minimum atomic E-state index is -0.441. The van der Waals surface area contributed by atoms with Gasteiger partial charge >= 0.3 is 5.97 Å². The van der Waals surface area contributed by atoms with Gasteiger partial charge in [0.2, 0.25) is 0 Å². The highest BCUT2D eigenvalue weighted by molar-refractivity contribution is 7.80. The lowest BCUT2D eigenvalue weighted by molar-refractivity contribution is 0.0600. The standard InChI is InChI=1S/C21H20N4O3S2/c1-28-19(27)15-8-6-14(7-9-15)18(26)23-20(29)24-10-12-25(13-11-24)21-22-16-4-2-3-5-17(16)30-21/h2-9H,10-13H2,1H3,(H,23,26,29). The Bertz CT molecular complexity index is 1060. The van der Waals surface area contributed by atoms with Crippen LogP contribution in [0.5, 0.6) is 0 Å². The highest BCUT2D eigenvalue weighted by Crippen LogP contribution is 2.29. The molecule has 1 aromatic heterocycles. The van der Waals surface area contributed by atoms with E-state index in [-0.39, 0.29) is 5.91 Å². The van der Waals surface area contributed by atoms with Gasteiger partial charge < -0.3 is 14.5 Å². The molecule has 0 atom stereocenters. The lowest BCUT2D eigenvalue weighted by Gasteiger charge is -2.35. The summed E-state index contributed by atoms with van der Waals surface area (Å²) in [6, 6.07) is 14.4. The second-order valence-corrected chi connectivity index (χ2v) is 8.16. The summed E-state index contributed by atoms with van der Waals surface area (Å²) < 4.78 is 5.84. The number of hydrogen-bond acceptors (Lipinski definition) is 7. The van der Waals surface area contributed by atoms with Crippen LogP contribution in [0.25, 0.3) is 10.2 Å². The van der Waals surface area contributed by atoms with Gasteiger partial charge in [0.1, 0.15) is 0 Å². The molecule has 1 N–H and O–H groups in total. The van der Waals surface area contributed by atoms with Gasteiger partial charge in [0, 0.05) is 31.7 Å². The van der Waals surface area contributed by atoms with Crippen molar-refractivity contribution in [1.29, 1.82) is 0 Å². The first kappa shape index (κ1) is 20.2. The zero-order valence-corrected chi connectivity index (χ0v) is 18.0. The van der Waals surface area contributed by atoms with Crippen molar-refractivity contribution in [3.8, 4) is 0 Å². The number of para-hydroxylation sites is 1. The molecule has 2 heterocycles. The summed E-state index contributed by atoms with van der Waals surface area (Å²) in [6.07, 6.45) is 0. The van der Waals surface area contributed by atoms with Crippen molar-refractivity contribution < 1.29 is 14.3 Å². The molecular formula is C21H20N4O3S2. The molecule has 1 amide bonds. The number of rotatable bonds is 3. The highest BCUT2D eigenvalue weighted by Gasteiger charge is 2.22. The van der Waals surface area contributed by atoms with Gasteiger partial charge in [0.05, 0.1) is 22.9 Å². The molecule has 2 aromatic carbocycles. The number of nitrogens with zero attached hydrogens (tertiary/aromatic N) is 3. The third kappa shape index (κ3) is 4.27. The fourth-order valence-electron chi connectivity index (χ4n) is 3.22. The Hall–Kier alpha value is -3.04. The van der Waals surface area contributed by atoms with Crippen LogP contribution in [0.3, 0.4) is 0 Å². The van der Waals surface area contributed by atoms with E-state index in [0.29, 0.717) is 29.3 Å². The minimum absolute atomic E-state index is 0.301. The minimum Gasteiger partial charge on any atom is -0.465 e. The number of aromatic nitrogens is 1. The molecule has 0 aliphatic carbocycles. The van der Waals surface area contributed by atoms with Crippen LogP contribution < -0.4 is 10.2 Å². The number of carbonyl (C=O) groups is 2. The van der Waals surface area contributed by atoms with E-state index in [0.717, 1.165) is 23.7 Å². The molecule has 4 rings (SSSR count). The van der Waals surface area contributed by atoms with Gasteiger partial charge in [-0.25, -0.2) is 9.78 Å². The number of carbonyl (C=O) groups excluding carboxylic acids is 2. The molecule has 1 aliphatic rings. The summed E-state index contributed by atoms with van der Waals surface area (Å²) >= 11 is 7.12. The summed E-state index contributed by atoms with van der Waals surface area (Å²) in [7, 11) is 1.32. The highest BCUT2D eigenvalue weighted by atomic mass is 32.1.